The van der Waals surface area contributed by atoms with E-state index in [1.807, 2.05) is 0 Å². The average molecular weight is 299 g/mol. The summed E-state index contributed by atoms with van der Waals surface area (Å²) in [6.45, 7) is 1.67. The topological polar surface area (TPSA) is 76.0 Å². The standard InChI is InChI=1S/C11H11ClN4O2S/c1-6-8(9(12)16(2)15-6)11(18)14-13-10(17)7-4-3-5-19-7/h3-5H,1-2H3,(H,13,17)(H,14,18). The molecule has 100 valence electrons. The number of nitrogens with one attached hydrogen (secondary N) is 2. The first kappa shape index (κ1) is 13.6. The number of hydrazine groups is 1. The summed E-state index contributed by atoms with van der Waals surface area (Å²) in [5.41, 5.74) is 5.38. The van der Waals surface area contributed by atoms with Gasteiger partial charge in [-0.3, -0.25) is 25.1 Å². The molecular weight excluding hydrogens is 288 g/mol. The second-order valence-corrected chi connectivity index (χ2v) is 5.07. The molecule has 2 aromatic rings. The Morgan fingerprint density at radius 1 is 1.37 bits per heavy atom. The van der Waals surface area contributed by atoms with E-state index in [1.165, 1.54) is 16.0 Å². The number of rotatable bonds is 2. The van der Waals surface area contributed by atoms with Gasteiger partial charge in [-0.05, 0) is 18.4 Å². The SMILES string of the molecule is Cc1nn(C)c(Cl)c1C(=O)NNC(=O)c1cccs1. The lowest BCUT2D eigenvalue weighted by molar-refractivity contribution is 0.0848. The van der Waals surface area contributed by atoms with Crippen molar-refractivity contribution in [1.29, 1.82) is 0 Å². The summed E-state index contributed by atoms with van der Waals surface area (Å²) in [7, 11) is 1.64. The smallest absolute Gasteiger partial charge is 0.267 e. The molecule has 19 heavy (non-hydrogen) atoms. The van der Waals surface area contributed by atoms with Crippen LogP contribution in [0.5, 0.6) is 0 Å². The van der Waals surface area contributed by atoms with Crippen LogP contribution < -0.4 is 10.9 Å². The summed E-state index contributed by atoms with van der Waals surface area (Å²) in [6, 6.07) is 3.41. The van der Waals surface area contributed by atoms with Crippen molar-refractivity contribution in [3.05, 3.63) is 38.8 Å². The molecular formula is C11H11ClN4O2S. The Bertz CT molecular complexity index is 621. The molecule has 2 N–H and O–H groups in total. The lowest BCUT2D eigenvalue weighted by Crippen LogP contribution is -2.41. The molecule has 0 saturated heterocycles. The fraction of sp³-hybridized carbons (Fsp3) is 0.182. The Balaban J connectivity index is 2.04. The number of aryl methyl sites for hydroxylation is 2. The Hall–Kier alpha value is -1.86. The van der Waals surface area contributed by atoms with Gasteiger partial charge in [0.1, 0.15) is 10.7 Å². The molecule has 0 unspecified atom stereocenters. The number of thiophene rings is 1. The molecule has 0 bridgehead atoms. The predicted octanol–water partition coefficient (Wildman–Crippen LogP) is 1.52. The maximum absolute atomic E-state index is 11.9. The highest BCUT2D eigenvalue weighted by Crippen LogP contribution is 2.18. The average Bonchev–Trinajstić information content (AvgIpc) is 2.96. The predicted molar refractivity (Wildman–Crippen MR) is 72.2 cm³/mol. The van der Waals surface area contributed by atoms with Gasteiger partial charge in [0, 0.05) is 7.05 Å². The van der Waals surface area contributed by atoms with Crippen LogP contribution in [-0.4, -0.2) is 21.6 Å². The van der Waals surface area contributed by atoms with Crippen molar-refractivity contribution in [1.82, 2.24) is 20.6 Å². The van der Waals surface area contributed by atoms with E-state index < -0.39 is 5.91 Å². The highest BCUT2D eigenvalue weighted by atomic mass is 35.5. The van der Waals surface area contributed by atoms with E-state index >= 15 is 0 Å². The summed E-state index contributed by atoms with van der Waals surface area (Å²) in [5.74, 6) is -0.874. The Labute approximate surface area is 118 Å². The van der Waals surface area contributed by atoms with Crippen molar-refractivity contribution in [2.24, 2.45) is 7.05 Å². The summed E-state index contributed by atoms with van der Waals surface area (Å²) < 4.78 is 1.40. The number of carbonyl (C=O) groups is 2. The lowest BCUT2D eigenvalue weighted by Gasteiger charge is -2.05. The van der Waals surface area contributed by atoms with Crippen LogP contribution in [0.4, 0.5) is 0 Å². The van der Waals surface area contributed by atoms with Gasteiger partial charge in [0.2, 0.25) is 0 Å². The summed E-state index contributed by atoms with van der Waals surface area (Å²) >= 11 is 7.24. The first-order valence-corrected chi connectivity index (χ1v) is 6.59. The maximum Gasteiger partial charge on any atom is 0.279 e. The highest BCUT2D eigenvalue weighted by molar-refractivity contribution is 7.12. The molecule has 0 aromatic carbocycles. The minimum Gasteiger partial charge on any atom is -0.267 e. The maximum atomic E-state index is 11.9. The van der Waals surface area contributed by atoms with E-state index in [9.17, 15) is 9.59 Å². The number of halogens is 1. The largest absolute Gasteiger partial charge is 0.279 e. The first-order valence-electron chi connectivity index (χ1n) is 5.34. The molecule has 0 atom stereocenters. The molecule has 0 radical (unpaired) electrons. The fourth-order valence-corrected chi connectivity index (χ4v) is 2.41. The molecule has 2 aromatic heterocycles. The van der Waals surface area contributed by atoms with Gasteiger partial charge in [0.05, 0.1) is 10.6 Å². The Kier molecular flexibility index (Phi) is 3.87. The van der Waals surface area contributed by atoms with Gasteiger partial charge in [0.25, 0.3) is 11.8 Å². The van der Waals surface area contributed by atoms with Crippen molar-refractivity contribution in [2.75, 3.05) is 0 Å². The summed E-state index contributed by atoms with van der Waals surface area (Å²) in [6.07, 6.45) is 0. The van der Waals surface area contributed by atoms with Crippen LogP contribution >= 0.6 is 22.9 Å². The Morgan fingerprint density at radius 3 is 2.58 bits per heavy atom. The van der Waals surface area contributed by atoms with Gasteiger partial charge in [-0.15, -0.1) is 11.3 Å². The van der Waals surface area contributed by atoms with E-state index in [2.05, 4.69) is 16.0 Å². The van der Waals surface area contributed by atoms with Gasteiger partial charge < -0.3 is 0 Å². The number of carbonyl (C=O) groups excluding carboxylic acids is 2. The van der Waals surface area contributed by atoms with Crippen molar-refractivity contribution in [3.63, 3.8) is 0 Å². The zero-order valence-corrected chi connectivity index (χ0v) is 11.8. The molecule has 2 amide bonds. The van der Waals surface area contributed by atoms with Crippen LogP contribution in [0.15, 0.2) is 17.5 Å². The van der Waals surface area contributed by atoms with Crippen LogP contribution in [-0.2, 0) is 7.05 Å². The number of hydrogen-bond donors (Lipinski definition) is 2. The van der Waals surface area contributed by atoms with E-state index in [0.29, 0.717) is 10.6 Å². The van der Waals surface area contributed by atoms with E-state index in [0.717, 1.165) is 0 Å². The second kappa shape index (κ2) is 5.41. The number of aromatic nitrogens is 2. The third kappa shape index (κ3) is 2.77. The van der Waals surface area contributed by atoms with Crippen LogP contribution in [0.3, 0.4) is 0 Å². The van der Waals surface area contributed by atoms with Gasteiger partial charge in [-0.25, -0.2) is 0 Å². The van der Waals surface area contributed by atoms with Crippen molar-refractivity contribution in [3.8, 4) is 0 Å². The minimum atomic E-state index is -0.500. The fourth-order valence-electron chi connectivity index (χ4n) is 1.53. The monoisotopic (exact) mass is 298 g/mol. The van der Waals surface area contributed by atoms with Crippen molar-refractivity contribution >= 4 is 34.8 Å². The zero-order valence-electron chi connectivity index (χ0n) is 10.2. The number of amides is 2. The van der Waals surface area contributed by atoms with E-state index in [1.54, 1.807) is 31.5 Å². The molecule has 0 saturated carbocycles. The van der Waals surface area contributed by atoms with Gasteiger partial charge >= 0.3 is 0 Å². The summed E-state index contributed by atoms with van der Waals surface area (Å²) in [4.78, 5) is 24.1. The van der Waals surface area contributed by atoms with E-state index in [-0.39, 0.29) is 16.6 Å². The normalized spacial score (nSPS) is 10.3. The van der Waals surface area contributed by atoms with Crippen LogP contribution in [0.2, 0.25) is 5.15 Å². The first-order chi connectivity index (χ1) is 9.00. The molecule has 8 heteroatoms. The van der Waals surface area contributed by atoms with Gasteiger partial charge in [0.15, 0.2) is 0 Å². The van der Waals surface area contributed by atoms with Crippen molar-refractivity contribution < 1.29 is 9.59 Å². The quantitative estimate of drug-likeness (QED) is 0.825. The second-order valence-electron chi connectivity index (χ2n) is 3.76. The van der Waals surface area contributed by atoms with Crippen LogP contribution in [0.1, 0.15) is 25.7 Å². The minimum absolute atomic E-state index is 0.223. The Morgan fingerprint density at radius 2 is 2.05 bits per heavy atom. The molecule has 6 nitrogen and oxygen atoms in total. The highest BCUT2D eigenvalue weighted by Gasteiger charge is 2.19. The number of hydrogen-bond acceptors (Lipinski definition) is 4. The molecule has 2 heterocycles. The third-order valence-electron chi connectivity index (χ3n) is 2.41. The molecule has 0 spiro atoms. The molecule has 0 aliphatic rings. The lowest BCUT2D eigenvalue weighted by atomic mass is 10.2. The van der Waals surface area contributed by atoms with E-state index in [4.69, 9.17) is 11.6 Å². The molecule has 0 fully saturated rings. The van der Waals surface area contributed by atoms with Crippen LogP contribution in [0.25, 0.3) is 0 Å². The molecule has 2 rings (SSSR count). The zero-order chi connectivity index (χ0) is 14.0. The van der Waals surface area contributed by atoms with Gasteiger partial charge in [-0.1, -0.05) is 17.7 Å². The summed E-state index contributed by atoms with van der Waals surface area (Å²) in [5, 5.41) is 6.02. The van der Waals surface area contributed by atoms with Crippen LogP contribution in [0, 0.1) is 6.92 Å². The van der Waals surface area contributed by atoms with Gasteiger partial charge in [-0.2, -0.15) is 5.10 Å². The number of nitrogens with zero attached hydrogens (tertiary/aromatic N) is 2. The molecule has 0 aliphatic heterocycles. The molecule has 0 aliphatic carbocycles. The van der Waals surface area contributed by atoms with Crippen molar-refractivity contribution in [2.45, 2.75) is 6.92 Å². The third-order valence-corrected chi connectivity index (χ3v) is 3.72.